The summed E-state index contributed by atoms with van der Waals surface area (Å²) in [6.45, 7) is 0. The van der Waals surface area contributed by atoms with Crippen LogP contribution in [0.25, 0.3) is 10.1 Å². The zero-order chi connectivity index (χ0) is 21.7. The van der Waals surface area contributed by atoms with E-state index in [1.165, 1.54) is 0 Å². The molecule has 2 aromatic rings. The quantitative estimate of drug-likeness (QED) is 0.502. The first-order chi connectivity index (χ1) is 12.6. The number of hydrogen-bond donors (Lipinski definition) is 0. The van der Waals surface area contributed by atoms with Gasteiger partial charge >= 0.3 is 37.0 Å². The van der Waals surface area contributed by atoms with Gasteiger partial charge in [0.1, 0.15) is 0 Å². The number of methoxy groups -OCH3 is 1. The van der Waals surface area contributed by atoms with Crippen LogP contribution in [0.5, 0.6) is 0 Å². The van der Waals surface area contributed by atoms with E-state index in [4.69, 9.17) is 0 Å². The number of carbonyl (C=O) groups excluding carboxylic acids is 1. The number of fused-ring (bicyclic) bond motifs is 1. The van der Waals surface area contributed by atoms with Crippen molar-refractivity contribution in [2.45, 2.75) is 11.0 Å². The largest absolute Gasteiger partial charge is 0.517 e. The van der Waals surface area contributed by atoms with Crippen LogP contribution in [0, 0.1) is 0 Å². The van der Waals surface area contributed by atoms with Gasteiger partial charge in [-0.25, -0.2) is 4.79 Å². The van der Waals surface area contributed by atoms with Crippen molar-refractivity contribution in [2.75, 3.05) is 10.8 Å². The van der Waals surface area contributed by atoms with Crippen molar-refractivity contribution in [1.82, 2.24) is 0 Å². The second-order valence-corrected chi connectivity index (χ2v) is 9.62. The third-order valence-electron chi connectivity index (χ3n) is 3.19. The van der Waals surface area contributed by atoms with Crippen LogP contribution in [0.2, 0.25) is 0 Å². The lowest BCUT2D eigenvalue weighted by atomic mass is 10.1. The van der Waals surface area contributed by atoms with Crippen molar-refractivity contribution in [2.24, 2.45) is 0 Å². The van der Waals surface area contributed by atoms with E-state index in [2.05, 4.69) is 4.74 Å². The number of benzene rings is 1. The van der Waals surface area contributed by atoms with E-state index in [0.717, 1.165) is 29.9 Å². The molecule has 2 rings (SSSR count). The van der Waals surface area contributed by atoms with Crippen molar-refractivity contribution in [1.29, 1.82) is 0 Å². The zero-order valence-corrected chi connectivity index (χ0v) is 15.6. The van der Waals surface area contributed by atoms with Gasteiger partial charge in [0.05, 0.1) is 18.4 Å². The number of ether oxygens (including phenoxy) is 1. The molecule has 16 heteroatoms. The van der Waals surface area contributed by atoms with E-state index in [1.807, 2.05) is 0 Å². The van der Waals surface area contributed by atoms with E-state index in [9.17, 15) is 48.0 Å². The van der Waals surface area contributed by atoms with Crippen LogP contribution in [-0.2, 0) is 24.8 Å². The van der Waals surface area contributed by atoms with Gasteiger partial charge < -0.3 is 4.74 Å². The van der Waals surface area contributed by atoms with Gasteiger partial charge in [-0.2, -0.15) is 43.2 Å². The second-order valence-electron chi connectivity index (χ2n) is 4.92. The first-order valence-electron chi connectivity index (χ1n) is 6.58. The van der Waals surface area contributed by atoms with E-state index >= 15 is 0 Å². The SMILES string of the molecule is COC(=O)c1csc2ccc(N(S(=O)(=O)C(F)(F)F)S(=O)(=O)C(F)(F)F)cc12. The van der Waals surface area contributed by atoms with Gasteiger partial charge in [-0.05, 0) is 18.2 Å². The highest BCUT2D eigenvalue weighted by Gasteiger charge is 2.61. The van der Waals surface area contributed by atoms with Gasteiger partial charge in [0.15, 0.2) is 0 Å². The molecule has 1 heterocycles. The summed E-state index contributed by atoms with van der Waals surface area (Å²) in [5.41, 5.74) is -14.5. The predicted molar refractivity (Wildman–Crippen MR) is 85.6 cm³/mol. The minimum absolute atomic E-state index is 0.151. The minimum atomic E-state index is -7.01. The van der Waals surface area contributed by atoms with E-state index < -0.39 is 46.4 Å². The van der Waals surface area contributed by atoms with Crippen LogP contribution in [-0.4, -0.2) is 40.9 Å². The Morgan fingerprint density at radius 3 is 1.93 bits per heavy atom. The van der Waals surface area contributed by atoms with Crippen LogP contribution in [0.4, 0.5) is 32.0 Å². The van der Waals surface area contributed by atoms with Crippen molar-refractivity contribution in [3.63, 3.8) is 0 Å². The summed E-state index contributed by atoms with van der Waals surface area (Å²) in [4.78, 5) is 11.7. The maximum Gasteiger partial charge on any atom is 0.517 e. The molecule has 0 saturated heterocycles. The Balaban J connectivity index is 2.88. The first kappa shape index (κ1) is 22.2. The molecule has 0 unspecified atom stereocenters. The molecule has 0 N–H and O–H groups in total. The zero-order valence-electron chi connectivity index (χ0n) is 13.2. The average Bonchev–Trinajstić information content (AvgIpc) is 2.94. The highest BCUT2D eigenvalue weighted by molar-refractivity contribution is 8.11. The number of halogens is 6. The summed E-state index contributed by atoms with van der Waals surface area (Å²) < 4.78 is 127. The number of carbonyl (C=O) groups is 1. The van der Waals surface area contributed by atoms with Gasteiger partial charge in [-0.15, -0.1) is 15.0 Å². The molecule has 0 amide bonds. The van der Waals surface area contributed by atoms with E-state index in [-0.39, 0.29) is 15.6 Å². The molecule has 0 aliphatic heterocycles. The average molecular weight is 471 g/mol. The molecular weight excluding hydrogens is 464 g/mol. The Hall–Kier alpha value is -2.07. The molecule has 7 nitrogen and oxygen atoms in total. The molecule has 0 atom stereocenters. The molecule has 0 spiro atoms. The van der Waals surface area contributed by atoms with Gasteiger partial charge in [0.2, 0.25) is 0 Å². The fourth-order valence-electron chi connectivity index (χ4n) is 1.99. The van der Waals surface area contributed by atoms with Crippen molar-refractivity contribution >= 4 is 53.1 Å². The molecule has 156 valence electrons. The van der Waals surface area contributed by atoms with Crippen molar-refractivity contribution in [3.05, 3.63) is 29.1 Å². The predicted octanol–water partition coefficient (Wildman–Crippen LogP) is 3.19. The fraction of sp³-hybridized carbons (Fsp3) is 0.250. The monoisotopic (exact) mass is 471 g/mol. The first-order valence-corrected chi connectivity index (χ1v) is 10.3. The fourth-order valence-corrected chi connectivity index (χ4v) is 5.60. The van der Waals surface area contributed by atoms with Crippen molar-refractivity contribution < 1.29 is 52.7 Å². The number of esters is 1. The number of thiophene rings is 1. The summed E-state index contributed by atoms with van der Waals surface area (Å²) in [6.07, 6.45) is 0. The van der Waals surface area contributed by atoms with Crippen LogP contribution in [0.15, 0.2) is 23.6 Å². The molecule has 1 aromatic carbocycles. The Morgan fingerprint density at radius 2 is 1.50 bits per heavy atom. The molecule has 0 fully saturated rings. The number of nitrogens with zero attached hydrogens (tertiary/aromatic N) is 1. The van der Waals surface area contributed by atoms with Crippen LogP contribution >= 0.6 is 11.3 Å². The lowest BCUT2D eigenvalue weighted by Gasteiger charge is -2.25. The Kier molecular flexibility index (Phi) is 5.37. The molecule has 0 aliphatic carbocycles. The van der Waals surface area contributed by atoms with Gasteiger partial charge in [0.25, 0.3) is 0 Å². The number of hydrogen-bond acceptors (Lipinski definition) is 7. The van der Waals surface area contributed by atoms with Gasteiger partial charge in [-0.3, -0.25) is 0 Å². The third-order valence-corrected chi connectivity index (χ3v) is 7.80. The smallest absolute Gasteiger partial charge is 0.465 e. The molecule has 28 heavy (non-hydrogen) atoms. The van der Waals surface area contributed by atoms with Crippen LogP contribution in [0.1, 0.15) is 10.4 Å². The molecular formula is C12H7F6NO6S3. The molecule has 0 radical (unpaired) electrons. The Bertz CT molecular complexity index is 1090. The maximum absolute atomic E-state index is 12.9. The summed E-state index contributed by atoms with van der Waals surface area (Å²) in [5.74, 6) is -1.02. The summed E-state index contributed by atoms with van der Waals surface area (Å²) >= 11 is 0.841. The summed E-state index contributed by atoms with van der Waals surface area (Å²) in [7, 11) is -13.1. The third kappa shape index (κ3) is 3.50. The Morgan fingerprint density at radius 1 is 1.00 bits per heavy atom. The van der Waals surface area contributed by atoms with Crippen LogP contribution in [0.3, 0.4) is 0 Å². The lowest BCUT2D eigenvalue weighted by molar-refractivity contribution is -0.0462. The standard InChI is InChI=1S/C12H7F6NO6S3/c1-25-10(20)8-5-26-9-3-2-6(4-7(8)9)19(27(21,22)11(13,14)15)28(23,24)12(16,17)18/h2-5H,1H3. The highest BCUT2D eigenvalue weighted by Crippen LogP contribution is 2.40. The number of rotatable bonds is 4. The lowest BCUT2D eigenvalue weighted by Crippen LogP contribution is -2.49. The van der Waals surface area contributed by atoms with Crippen molar-refractivity contribution in [3.8, 4) is 0 Å². The Labute approximate surface area is 157 Å². The summed E-state index contributed by atoms with van der Waals surface area (Å²) in [6, 6.07) is 1.71. The van der Waals surface area contributed by atoms with E-state index in [0.29, 0.717) is 12.1 Å². The second kappa shape index (κ2) is 6.77. The molecule has 1 aromatic heterocycles. The van der Waals surface area contributed by atoms with E-state index in [1.54, 1.807) is 0 Å². The maximum atomic E-state index is 12.9. The topological polar surface area (TPSA) is 97.8 Å². The number of sulfonamides is 2. The van der Waals surface area contributed by atoms with Gasteiger partial charge in [0, 0.05) is 15.5 Å². The normalized spacial score (nSPS) is 13.5. The number of anilines is 1. The minimum Gasteiger partial charge on any atom is -0.465 e. The molecule has 0 aliphatic rings. The molecule has 0 bridgehead atoms. The summed E-state index contributed by atoms with van der Waals surface area (Å²) in [5, 5.41) is 0.857. The van der Waals surface area contributed by atoms with Crippen LogP contribution < -0.4 is 3.71 Å². The molecule has 0 saturated carbocycles. The highest BCUT2D eigenvalue weighted by atomic mass is 32.3. The van der Waals surface area contributed by atoms with Gasteiger partial charge in [-0.1, -0.05) is 0 Å². The number of alkyl halides is 6.